The van der Waals surface area contributed by atoms with Gasteiger partial charge >= 0.3 is 0 Å². The third-order valence-electron chi connectivity index (χ3n) is 8.84. The number of fused-ring (bicyclic) bond motifs is 2. The fourth-order valence-electron chi connectivity index (χ4n) is 6.26. The lowest BCUT2D eigenvalue weighted by Crippen LogP contribution is -2.28. The first-order chi connectivity index (χ1) is 20.7. The molecule has 236 valence electrons. The van der Waals surface area contributed by atoms with Crippen LogP contribution in [0.5, 0.6) is 0 Å². The molecule has 4 aromatic rings. The van der Waals surface area contributed by atoms with Crippen molar-refractivity contribution < 1.29 is 17.6 Å². The average Bonchev–Trinajstić information content (AvgIpc) is 3.49. The number of nitrogens with zero attached hydrogens (tertiary/aromatic N) is 5. The molecule has 2 N–H and O–H groups in total. The number of hydrogen-bond donors (Lipinski definition) is 1. The molecule has 6 nitrogen and oxygen atoms in total. The number of rotatable bonds is 5. The lowest BCUT2D eigenvalue weighted by Gasteiger charge is -2.20. The molecule has 10 heteroatoms. The Labute approximate surface area is 261 Å². The van der Waals surface area contributed by atoms with Crippen molar-refractivity contribution in [3.8, 4) is 0 Å². The molecular weight excluding hydrogens is 580 g/mol. The monoisotopic (exact) mass is 618 g/mol. The second-order valence-electron chi connectivity index (χ2n) is 11.6. The second kappa shape index (κ2) is 12.1. The molecule has 4 atom stereocenters. The molecule has 0 spiro atoms. The van der Waals surface area contributed by atoms with Crippen molar-refractivity contribution in [2.24, 2.45) is 28.7 Å². The Kier molecular flexibility index (Phi) is 8.62. The zero-order valence-electron chi connectivity index (χ0n) is 23.2. The average molecular weight is 619 g/mol. The van der Waals surface area contributed by atoms with Crippen LogP contribution in [0.1, 0.15) is 26.0 Å². The number of piperidine rings is 2. The molecule has 0 radical (unpaired) electrons. The van der Waals surface area contributed by atoms with Crippen LogP contribution < -0.4 is 15.5 Å². The van der Waals surface area contributed by atoms with E-state index in [0.717, 1.165) is 16.8 Å². The van der Waals surface area contributed by atoms with Gasteiger partial charge in [-0.1, -0.05) is 87.6 Å². The van der Waals surface area contributed by atoms with Crippen LogP contribution >= 0.6 is 0 Å². The first kappa shape index (κ1) is 31.9. The van der Waals surface area contributed by atoms with Crippen molar-refractivity contribution in [1.82, 2.24) is 9.97 Å². The SMILES string of the molecule is C.C.FC1(F)C2CN(c3cccc(N=C(c4ccccc4)c4ccccc4)n3)CC21.Nc1cccc(N2CC3C(C2)C3(F)F)n1. The van der Waals surface area contributed by atoms with Crippen molar-refractivity contribution in [2.45, 2.75) is 26.7 Å². The van der Waals surface area contributed by atoms with E-state index in [9.17, 15) is 17.6 Å². The number of nitrogen functional groups attached to an aromatic ring is 1. The summed E-state index contributed by atoms with van der Waals surface area (Å²) in [5.41, 5.74) is 8.38. The molecule has 2 aromatic heterocycles. The molecule has 2 saturated heterocycles. The van der Waals surface area contributed by atoms with Crippen LogP contribution in [0.2, 0.25) is 0 Å². The molecule has 4 fully saturated rings. The van der Waals surface area contributed by atoms with Gasteiger partial charge in [0.2, 0.25) is 0 Å². The predicted molar refractivity (Wildman–Crippen MR) is 173 cm³/mol. The lowest BCUT2D eigenvalue weighted by atomic mass is 10.0. The fraction of sp³-hybridized carbons (Fsp3) is 0.343. The number of aromatic nitrogens is 2. The van der Waals surface area contributed by atoms with Gasteiger partial charge < -0.3 is 15.5 Å². The van der Waals surface area contributed by atoms with Crippen LogP contribution in [0, 0.1) is 23.7 Å². The molecule has 0 amide bonds. The lowest BCUT2D eigenvalue weighted by molar-refractivity contribution is 0.0791. The maximum atomic E-state index is 13.5. The Morgan fingerprint density at radius 3 is 1.47 bits per heavy atom. The van der Waals surface area contributed by atoms with E-state index in [1.807, 2.05) is 88.7 Å². The van der Waals surface area contributed by atoms with Gasteiger partial charge in [0, 0.05) is 37.3 Å². The second-order valence-corrected chi connectivity index (χ2v) is 11.6. The number of benzene rings is 2. The van der Waals surface area contributed by atoms with Crippen molar-refractivity contribution in [3.05, 3.63) is 108 Å². The number of halogens is 4. The molecule has 8 rings (SSSR count). The van der Waals surface area contributed by atoms with Crippen LogP contribution in [-0.2, 0) is 0 Å². The molecule has 2 aromatic carbocycles. The number of alkyl halides is 4. The largest absolute Gasteiger partial charge is 0.384 e. The normalized spacial score (nSPS) is 24.1. The summed E-state index contributed by atoms with van der Waals surface area (Å²) in [4.78, 5) is 17.4. The van der Waals surface area contributed by atoms with Gasteiger partial charge in [0.15, 0.2) is 5.82 Å². The topological polar surface area (TPSA) is 70.6 Å². The maximum absolute atomic E-state index is 13.5. The van der Waals surface area contributed by atoms with E-state index in [1.54, 1.807) is 18.2 Å². The molecule has 2 aliphatic carbocycles. The summed E-state index contributed by atoms with van der Waals surface area (Å²) in [5, 5.41) is 0. The van der Waals surface area contributed by atoms with Gasteiger partial charge in [-0.15, -0.1) is 0 Å². The Morgan fingerprint density at radius 2 is 1.02 bits per heavy atom. The molecule has 4 aliphatic rings. The van der Waals surface area contributed by atoms with Gasteiger partial charge in [0.05, 0.1) is 29.4 Å². The quantitative estimate of drug-likeness (QED) is 0.184. The highest BCUT2D eigenvalue weighted by Gasteiger charge is 2.72. The predicted octanol–water partition coefficient (Wildman–Crippen LogP) is 7.59. The zero-order chi connectivity index (χ0) is 29.8. The minimum absolute atomic E-state index is 0. The first-order valence-electron chi connectivity index (χ1n) is 14.4. The standard InChI is InChI=1S/C23H19F2N3.C10H11F2N3.2CH4/c24-23(25)18-14-28(15-19(18)23)21-13-7-12-20(26-21)27-22(16-8-3-1-4-9-16)17-10-5-2-6-11-17;11-10(12)6-4-15(5-7(6)10)9-3-1-2-8(13)14-9;;/h1-13,18-19H,14-15H2;1-3,6-7H,4-5H2,(H2,13,14);2*1H4. The van der Waals surface area contributed by atoms with Crippen LogP contribution in [0.3, 0.4) is 0 Å². The molecule has 4 unspecified atom stereocenters. The summed E-state index contributed by atoms with van der Waals surface area (Å²) < 4.78 is 52.9. The van der Waals surface area contributed by atoms with Gasteiger partial charge in [-0.25, -0.2) is 32.5 Å². The molecule has 2 saturated carbocycles. The van der Waals surface area contributed by atoms with E-state index >= 15 is 0 Å². The third kappa shape index (κ3) is 6.10. The van der Waals surface area contributed by atoms with Crippen LogP contribution in [0.15, 0.2) is 102 Å². The van der Waals surface area contributed by atoms with Crippen LogP contribution in [0.4, 0.5) is 40.8 Å². The summed E-state index contributed by atoms with van der Waals surface area (Å²) in [6.07, 6.45) is 0. The van der Waals surface area contributed by atoms with E-state index < -0.39 is 35.5 Å². The molecule has 45 heavy (non-hydrogen) atoms. The Bertz CT molecular complexity index is 1580. The van der Waals surface area contributed by atoms with Gasteiger partial charge in [-0.2, -0.15) is 0 Å². The zero-order valence-corrected chi connectivity index (χ0v) is 23.2. The van der Waals surface area contributed by atoms with Crippen molar-refractivity contribution in [3.63, 3.8) is 0 Å². The van der Waals surface area contributed by atoms with Crippen LogP contribution in [-0.4, -0.2) is 53.7 Å². The highest BCUT2D eigenvalue weighted by Crippen LogP contribution is 2.60. The van der Waals surface area contributed by atoms with Crippen molar-refractivity contribution in [1.29, 1.82) is 0 Å². The first-order valence-corrected chi connectivity index (χ1v) is 14.4. The summed E-state index contributed by atoms with van der Waals surface area (Å²) >= 11 is 0. The van der Waals surface area contributed by atoms with E-state index in [0.29, 0.717) is 49.5 Å². The summed E-state index contributed by atoms with van der Waals surface area (Å²) in [5.74, 6) is -4.48. The van der Waals surface area contributed by atoms with E-state index in [4.69, 9.17) is 10.7 Å². The Hall–Kier alpha value is -4.47. The van der Waals surface area contributed by atoms with E-state index in [-0.39, 0.29) is 14.9 Å². The molecule has 2 aliphatic heterocycles. The number of nitrogens with two attached hydrogens (primary N) is 1. The minimum atomic E-state index is -2.49. The smallest absolute Gasteiger partial charge is 0.258 e. The number of pyridine rings is 2. The molecule has 0 bridgehead atoms. The number of anilines is 3. The molecule has 4 heterocycles. The van der Waals surface area contributed by atoms with Crippen molar-refractivity contribution >= 4 is 29.0 Å². The number of aliphatic imine (C=N–C) groups is 1. The Morgan fingerprint density at radius 1 is 0.600 bits per heavy atom. The van der Waals surface area contributed by atoms with Gasteiger partial charge in [-0.05, 0) is 24.3 Å². The van der Waals surface area contributed by atoms with Gasteiger partial charge in [0.25, 0.3) is 11.8 Å². The van der Waals surface area contributed by atoms with E-state index in [1.165, 1.54) is 0 Å². The third-order valence-corrected chi connectivity index (χ3v) is 8.84. The van der Waals surface area contributed by atoms with Gasteiger partial charge in [-0.3, -0.25) is 0 Å². The number of hydrogen-bond acceptors (Lipinski definition) is 6. The maximum Gasteiger partial charge on any atom is 0.258 e. The highest BCUT2D eigenvalue weighted by atomic mass is 19.3. The summed E-state index contributed by atoms with van der Waals surface area (Å²) in [6, 6.07) is 30.8. The van der Waals surface area contributed by atoms with Crippen molar-refractivity contribution in [2.75, 3.05) is 41.7 Å². The van der Waals surface area contributed by atoms with Crippen LogP contribution in [0.25, 0.3) is 0 Å². The summed E-state index contributed by atoms with van der Waals surface area (Å²) in [7, 11) is 0. The fourth-order valence-corrected chi connectivity index (χ4v) is 6.26. The summed E-state index contributed by atoms with van der Waals surface area (Å²) in [6.45, 7) is 1.52. The minimum Gasteiger partial charge on any atom is -0.384 e. The van der Waals surface area contributed by atoms with E-state index in [2.05, 4.69) is 9.97 Å². The molecular formula is C35H38F4N6. The Balaban J connectivity index is 0.000000200. The highest BCUT2D eigenvalue weighted by molar-refractivity contribution is 6.13. The van der Waals surface area contributed by atoms with Gasteiger partial charge in [0.1, 0.15) is 17.5 Å².